The largest absolute Gasteiger partial charge is 0.462 e. The van der Waals surface area contributed by atoms with E-state index in [1.54, 1.807) is 0 Å². The quantitative estimate of drug-likeness (QED) is 0.281. The molecule has 0 aliphatic carbocycles. The van der Waals surface area contributed by atoms with Gasteiger partial charge in [-0.15, -0.1) is 0 Å². The summed E-state index contributed by atoms with van der Waals surface area (Å²) in [5.41, 5.74) is 7.98. The Morgan fingerprint density at radius 2 is 2.58 bits per heavy atom. The second kappa shape index (κ2) is 3.94. The predicted octanol–water partition coefficient (Wildman–Crippen LogP) is 0.363. The number of ether oxygens (including phenoxy) is 1. The van der Waals surface area contributed by atoms with Crippen LogP contribution in [0.2, 0.25) is 0 Å². The lowest BCUT2D eigenvalue weighted by Gasteiger charge is -2.24. The summed E-state index contributed by atoms with van der Waals surface area (Å²) in [4.78, 5) is 13.3. The molecule has 1 aliphatic heterocycles. The topological polar surface area (TPSA) is 95.3 Å². The second-order valence-electron chi connectivity index (χ2n) is 2.62. The predicted molar refractivity (Wildman–Crippen MR) is 39.1 cm³/mol. The Morgan fingerprint density at radius 1 is 1.83 bits per heavy atom. The lowest BCUT2D eigenvalue weighted by Crippen LogP contribution is -2.34. The van der Waals surface area contributed by atoms with Crippen LogP contribution in [0, 0.1) is 0 Å². The summed E-state index contributed by atoms with van der Waals surface area (Å²) in [6, 6.07) is 0. The maximum absolute atomic E-state index is 10.7. The molecule has 66 valence electrons. The van der Waals surface area contributed by atoms with Crippen molar-refractivity contribution < 1.29 is 14.6 Å². The molecular weight excluding hydrogens is 162 g/mol. The van der Waals surface area contributed by atoms with Gasteiger partial charge in [0, 0.05) is 11.3 Å². The van der Waals surface area contributed by atoms with Gasteiger partial charge in [0.2, 0.25) is 0 Å². The van der Waals surface area contributed by atoms with Crippen molar-refractivity contribution in [3.8, 4) is 0 Å². The standard InChI is InChI=1S/C6H9N3O3/c7-9-8-3-5-1-4(10)2-6(11)12-5/h4-5,10H,1-3H2. The van der Waals surface area contributed by atoms with Crippen molar-refractivity contribution >= 4 is 5.97 Å². The monoisotopic (exact) mass is 171 g/mol. The lowest BCUT2D eigenvalue weighted by atomic mass is 10.1. The van der Waals surface area contributed by atoms with Crippen LogP contribution >= 0.6 is 0 Å². The SMILES string of the molecule is [N-]=[N+]=NCC1CC(O)CC(=O)O1. The van der Waals surface area contributed by atoms with Gasteiger partial charge in [-0.2, -0.15) is 0 Å². The van der Waals surface area contributed by atoms with Gasteiger partial charge in [-0.1, -0.05) is 5.11 Å². The summed E-state index contributed by atoms with van der Waals surface area (Å²) in [7, 11) is 0. The first-order valence-electron chi connectivity index (χ1n) is 3.60. The van der Waals surface area contributed by atoms with E-state index in [1.165, 1.54) is 0 Å². The van der Waals surface area contributed by atoms with Crippen LogP contribution in [0.3, 0.4) is 0 Å². The summed E-state index contributed by atoms with van der Waals surface area (Å²) in [6.45, 7) is 0.0965. The number of azide groups is 1. The number of nitrogens with zero attached hydrogens (tertiary/aromatic N) is 3. The molecule has 0 amide bonds. The molecule has 6 nitrogen and oxygen atoms in total. The highest BCUT2D eigenvalue weighted by molar-refractivity contribution is 5.70. The molecule has 1 heterocycles. The second-order valence-corrected chi connectivity index (χ2v) is 2.62. The number of rotatable bonds is 2. The van der Waals surface area contributed by atoms with Gasteiger partial charge in [0.05, 0.1) is 19.1 Å². The highest BCUT2D eigenvalue weighted by Crippen LogP contribution is 2.14. The molecule has 1 rings (SSSR count). The first-order chi connectivity index (χ1) is 5.72. The fraction of sp³-hybridized carbons (Fsp3) is 0.833. The van der Waals surface area contributed by atoms with Crippen LogP contribution < -0.4 is 0 Å². The van der Waals surface area contributed by atoms with E-state index in [4.69, 9.17) is 15.4 Å². The molecule has 2 unspecified atom stereocenters. The Balaban J connectivity index is 2.43. The van der Waals surface area contributed by atoms with Gasteiger partial charge >= 0.3 is 5.97 Å². The van der Waals surface area contributed by atoms with E-state index in [-0.39, 0.29) is 13.0 Å². The van der Waals surface area contributed by atoms with E-state index in [0.29, 0.717) is 6.42 Å². The van der Waals surface area contributed by atoms with E-state index in [9.17, 15) is 4.79 Å². The normalized spacial score (nSPS) is 28.9. The number of aliphatic hydroxyl groups is 1. The van der Waals surface area contributed by atoms with Gasteiger partial charge in [-0.05, 0) is 5.53 Å². The molecule has 6 heteroatoms. The highest BCUT2D eigenvalue weighted by atomic mass is 16.5. The van der Waals surface area contributed by atoms with E-state index in [2.05, 4.69) is 10.0 Å². The van der Waals surface area contributed by atoms with Crippen molar-refractivity contribution in [3.63, 3.8) is 0 Å². The van der Waals surface area contributed by atoms with Gasteiger partial charge in [0.25, 0.3) is 0 Å². The molecule has 1 saturated heterocycles. The number of hydrogen-bond acceptors (Lipinski definition) is 4. The molecule has 1 fully saturated rings. The Morgan fingerprint density at radius 3 is 3.17 bits per heavy atom. The van der Waals surface area contributed by atoms with E-state index in [0.717, 1.165) is 0 Å². The average Bonchev–Trinajstić information content (AvgIpc) is 1.99. The van der Waals surface area contributed by atoms with E-state index < -0.39 is 18.2 Å². The zero-order valence-corrected chi connectivity index (χ0v) is 6.38. The number of cyclic esters (lactones) is 1. The minimum absolute atomic E-state index is 0.0345. The van der Waals surface area contributed by atoms with Crippen LogP contribution in [0.4, 0.5) is 0 Å². The summed E-state index contributed by atoms with van der Waals surface area (Å²) < 4.78 is 4.80. The zero-order chi connectivity index (χ0) is 8.97. The minimum Gasteiger partial charge on any atom is -0.462 e. The van der Waals surface area contributed by atoms with Crippen molar-refractivity contribution in [2.75, 3.05) is 6.54 Å². The Hall–Kier alpha value is -1.26. The molecule has 2 atom stereocenters. The Kier molecular flexibility index (Phi) is 2.90. The van der Waals surface area contributed by atoms with Gasteiger partial charge in [-0.25, -0.2) is 0 Å². The number of carbonyl (C=O) groups is 1. The van der Waals surface area contributed by atoms with Crippen LogP contribution in [0.15, 0.2) is 5.11 Å². The number of aliphatic hydroxyl groups excluding tert-OH is 1. The maximum atomic E-state index is 10.7. The van der Waals surface area contributed by atoms with Gasteiger partial charge < -0.3 is 9.84 Å². The molecule has 0 aromatic carbocycles. The minimum atomic E-state index is -0.662. The van der Waals surface area contributed by atoms with Crippen molar-refractivity contribution in [1.29, 1.82) is 0 Å². The summed E-state index contributed by atoms with van der Waals surface area (Å²) in [6.07, 6.45) is -0.736. The van der Waals surface area contributed by atoms with Crippen LogP contribution in [-0.4, -0.2) is 29.8 Å². The smallest absolute Gasteiger partial charge is 0.308 e. The van der Waals surface area contributed by atoms with E-state index >= 15 is 0 Å². The highest BCUT2D eigenvalue weighted by Gasteiger charge is 2.26. The fourth-order valence-electron chi connectivity index (χ4n) is 1.10. The van der Waals surface area contributed by atoms with Gasteiger partial charge in [-0.3, -0.25) is 4.79 Å². The molecule has 1 N–H and O–H groups in total. The van der Waals surface area contributed by atoms with Crippen molar-refractivity contribution in [3.05, 3.63) is 10.4 Å². The van der Waals surface area contributed by atoms with Crippen molar-refractivity contribution in [2.24, 2.45) is 5.11 Å². The molecule has 0 aromatic heterocycles. The maximum Gasteiger partial charge on any atom is 0.308 e. The van der Waals surface area contributed by atoms with Crippen molar-refractivity contribution in [1.82, 2.24) is 0 Å². The van der Waals surface area contributed by atoms with Crippen molar-refractivity contribution in [2.45, 2.75) is 25.0 Å². The number of esters is 1. The zero-order valence-electron chi connectivity index (χ0n) is 6.38. The lowest BCUT2D eigenvalue weighted by molar-refractivity contribution is -0.159. The van der Waals surface area contributed by atoms with Gasteiger partial charge in [0.1, 0.15) is 6.10 Å². The first kappa shape index (κ1) is 8.83. The van der Waals surface area contributed by atoms with Gasteiger partial charge in [0.15, 0.2) is 0 Å². The Labute approximate surface area is 68.8 Å². The van der Waals surface area contributed by atoms with Crippen LogP contribution in [0.5, 0.6) is 0 Å². The summed E-state index contributed by atoms with van der Waals surface area (Å²) >= 11 is 0. The Bertz CT molecular complexity index is 222. The molecule has 1 aliphatic rings. The van der Waals surface area contributed by atoms with E-state index in [1.807, 2.05) is 0 Å². The van der Waals surface area contributed by atoms with Crippen LogP contribution in [-0.2, 0) is 9.53 Å². The van der Waals surface area contributed by atoms with Crippen LogP contribution in [0.1, 0.15) is 12.8 Å². The number of hydrogen-bond donors (Lipinski definition) is 1. The number of carbonyl (C=O) groups excluding carboxylic acids is 1. The molecule has 0 radical (unpaired) electrons. The third-order valence-corrected chi connectivity index (χ3v) is 1.58. The molecule has 0 spiro atoms. The molecular formula is C6H9N3O3. The molecule has 0 bridgehead atoms. The third kappa shape index (κ3) is 2.41. The fourth-order valence-corrected chi connectivity index (χ4v) is 1.10. The van der Waals surface area contributed by atoms with Crippen LogP contribution in [0.25, 0.3) is 10.4 Å². The molecule has 12 heavy (non-hydrogen) atoms. The average molecular weight is 171 g/mol. The third-order valence-electron chi connectivity index (χ3n) is 1.58. The molecule has 0 saturated carbocycles. The first-order valence-corrected chi connectivity index (χ1v) is 3.60. The molecule has 0 aromatic rings. The summed E-state index contributed by atoms with van der Waals surface area (Å²) in [5, 5.41) is 12.4. The summed E-state index contributed by atoms with van der Waals surface area (Å²) in [5.74, 6) is -0.438.